The van der Waals surface area contributed by atoms with Crippen LogP contribution in [-0.2, 0) is 20.6 Å². The van der Waals surface area contributed by atoms with E-state index in [2.05, 4.69) is 4.98 Å². The Kier molecular flexibility index (Phi) is 5.68. The van der Waals surface area contributed by atoms with E-state index in [1.54, 1.807) is 17.9 Å². The zero-order valence-electron chi connectivity index (χ0n) is 12.2. The summed E-state index contributed by atoms with van der Waals surface area (Å²) in [5.41, 5.74) is 0.00831. The number of aryl methyl sites for hydroxylation is 1. The highest BCUT2D eigenvalue weighted by atomic mass is 35.5. The van der Waals surface area contributed by atoms with Crippen LogP contribution in [0.4, 0.5) is 4.39 Å². The Labute approximate surface area is 126 Å². The zero-order valence-corrected chi connectivity index (χ0v) is 13.0. The Morgan fingerprint density at radius 2 is 2.00 bits per heavy atom. The predicted octanol–water partition coefficient (Wildman–Crippen LogP) is -4.64. The third kappa shape index (κ3) is 3.16. The lowest BCUT2D eigenvalue weighted by molar-refractivity contribution is -0.687. The van der Waals surface area contributed by atoms with Crippen molar-refractivity contribution in [2.45, 2.75) is 19.5 Å². The summed E-state index contributed by atoms with van der Waals surface area (Å²) in [4.78, 5) is 28.1. The number of rotatable bonds is 5. The number of quaternary nitrogens is 1. The third-order valence-corrected chi connectivity index (χ3v) is 3.38. The molecule has 0 aliphatic carbocycles. The number of nitrogens with zero attached hydrogens (tertiary/aromatic N) is 4. The summed E-state index contributed by atoms with van der Waals surface area (Å²) in [6.45, 7) is 2.49. The van der Waals surface area contributed by atoms with Gasteiger partial charge in [-0.1, -0.05) is 0 Å². The molecule has 0 bridgehead atoms. The van der Waals surface area contributed by atoms with Crippen molar-refractivity contribution in [3.63, 3.8) is 0 Å². The molecule has 2 aromatic heterocycles. The van der Waals surface area contributed by atoms with Crippen molar-refractivity contribution in [3.8, 4) is 0 Å². The van der Waals surface area contributed by atoms with Crippen molar-refractivity contribution in [3.05, 3.63) is 27.2 Å². The third-order valence-electron chi connectivity index (χ3n) is 3.38. The van der Waals surface area contributed by atoms with Crippen LogP contribution in [0.1, 0.15) is 6.92 Å². The van der Waals surface area contributed by atoms with E-state index >= 15 is 0 Å². The summed E-state index contributed by atoms with van der Waals surface area (Å²) in [5.74, 6) is 0. The van der Waals surface area contributed by atoms with E-state index in [-0.39, 0.29) is 30.7 Å². The SMILES string of the molecule is CC(Cn1cnc2c1c(=O)n(C)c(=O)n2C)[NH2+]CCF.[Cl-]. The van der Waals surface area contributed by atoms with Crippen LogP contribution in [0.25, 0.3) is 11.2 Å². The summed E-state index contributed by atoms with van der Waals surface area (Å²) >= 11 is 0. The largest absolute Gasteiger partial charge is 1.00 e. The minimum Gasteiger partial charge on any atom is -1.00 e. The molecule has 0 spiro atoms. The first-order chi connectivity index (χ1) is 9.47. The van der Waals surface area contributed by atoms with E-state index in [0.29, 0.717) is 24.3 Å². The molecule has 0 aliphatic rings. The van der Waals surface area contributed by atoms with Crippen molar-refractivity contribution in [1.29, 1.82) is 0 Å². The lowest BCUT2D eigenvalue weighted by atomic mass is 10.3. The van der Waals surface area contributed by atoms with Crippen LogP contribution in [0.2, 0.25) is 0 Å². The summed E-state index contributed by atoms with van der Waals surface area (Å²) in [7, 11) is 3.03. The fourth-order valence-corrected chi connectivity index (χ4v) is 2.27. The average Bonchev–Trinajstić information content (AvgIpc) is 2.84. The fourth-order valence-electron chi connectivity index (χ4n) is 2.27. The van der Waals surface area contributed by atoms with E-state index in [1.807, 2.05) is 12.2 Å². The molecule has 2 N–H and O–H groups in total. The lowest BCUT2D eigenvalue weighted by Crippen LogP contribution is -3.00. The summed E-state index contributed by atoms with van der Waals surface area (Å²) in [6.07, 6.45) is 1.55. The molecule has 0 saturated heterocycles. The molecule has 9 heteroatoms. The molecule has 2 heterocycles. The zero-order chi connectivity index (χ0) is 14.9. The second kappa shape index (κ2) is 6.86. The quantitative estimate of drug-likeness (QED) is 0.602. The van der Waals surface area contributed by atoms with Crippen LogP contribution < -0.4 is 29.0 Å². The van der Waals surface area contributed by atoms with Crippen molar-refractivity contribution in [2.24, 2.45) is 14.1 Å². The average molecular weight is 320 g/mol. The van der Waals surface area contributed by atoms with E-state index in [1.165, 1.54) is 11.6 Å². The highest BCUT2D eigenvalue weighted by Gasteiger charge is 2.16. The van der Waals surface area contributed by atoms with Crippen LogP contribution in [0.15, 0.2) is 15.9 Å². The van der Waals surface area contributed by atoms with Crippen LogP contribution in [0.3, 0.4) is 0 Å². The molecule has 0 saturated carbocycles. The fraction of sp³-hybridized carbons (Fsp3) is 0.583. The monoisotopic (exact) mass is 319 g/mol. The standard InChI is InChI=1S/C12H18FN5O2.ClH/c1-8(14-5-4-13)6-18-7-15-10-9(18)11(19)17(3)12(20)16(10)2;/h7-8,14H,4-6H2,1-3H3;1H. The molecule has 0 fully saturated rings. The molecule has 0 radical (unpaired) electrons. The predicted molar refractivity (Wildman–Crippen MR) is 72.4 cm³/mol. The molecule has 7 nitrogen and oxygen atoms in total. The maximum absolute atomic E-state index is 12.2. The number of nitrogens with two attached hydrogens (primary N) is 1. The first kappa shape index (κ1) is 17.4. The molecule has 2 aromatic rings. The van der Waals surface area contributed by atoms with Crippen LogP contribution >= 0.6 is 0 Å². The van der Waals surface area contributed by atoms with Crippen LogP contribution in [0.5, 0.6) is 0 Å². The Hall–Kier alpha value is -1.67. The molecule has 0 aliphatic heterocycles. The number of alkyl halides is 1. The van der Waals surface area contributed by atoms with Gasteiger partial charge in [0.2, 0.25) is 0 Å². The molecule has 2 rings (SSSR count). The van der Waals surface area contributed by atoms with Gasteiger partial charge in [0, 0.05) is 14.1 Å². The van der Waals surface area contributed by atoms with Crippen molar-refractivity contribution in [2.75, 3.05) is 13.2 Å². The van der Waals surface area contributed by atoms with Gasteiger partial charge in [-0.2, -0.15) is 0 Å². The second-order valence-electron chi connectivity index (χ2n) is 4.97. The Balaban J connectivity index is 0.00000220. The summed E-state index contributed by atoms with van der Waals surface area (Å²) in [6, 6.07) is 0.116. The van der Waals surface area contributed by atoms with Gasteiger partial charge in [-0.15, -0.1) is 0 Å². The smallest absolute Gasteiger partial charge is 0.332 e. The van der Waals surface area contributed by atoms with E-state index in [0.717, 1.165) is 4.57 Å². The molecule has 1 atom stereocenters. The number of halogens is 2. The van der Waals surface area contributed by atoms with Crippen molar-refractivity contribution in [1.82, 2.24) is 18.7 Å². The molecule has 1 unspecified atom stereocenters. The van der Waals surface area contributed by atoms with Gasteiger partial charge in [-0.25, -0.2) is 14.2 Å². The maximum atomic E-state index is 12.2. The van der Waals surface area contributed by atoms with E-state index in [4.69, 9.17) is 0 Å². The van der Waals surface area contributed by atoms with Crippen LogP contribution in [-0.4, -0.2) is 37.9 Å². The number of aromatic nitrogens is 4. The van der Waals surface area contributed by atoms with Gasteiger partial charge in [0.25, 0.3) is 5.56 Å². The van der Waals surface area contributed by atoms with E-state index in [9.17, 15) is 14.0 Å². The number of hydrogen-bond donors (Lipinski definition) is 1. The van der Waals surface area contributed by atoms with Gasteiger partial charge >= 0.3 is 5.69 Å². The number of hydrogen-bond acceptors (Lipinski definition) is 3. The molecule has 21 heavy (non-hydrogen) atoms. The maximum Gasteiger partial charge on any atom is 0.332 e. The molecular formula is C12H19ClFN5O2. The van der Waals surface area contributed by atoms with E-state index < -0.39 is 5.69 Å². The normalized spacial score (nSPS) is 12.4. The summed E-state index contributed by atoms with van der Waals surface area (Å²) in [5, 5.41) is 1.87. The Bertz CT molecular complexity index is 736. The topological polar surface area (TPSA) is 78.4 Å². The first-order valence-electron chi connectivity index (χ1n) is 6.47. The summed E-state index contributed by atoms with van der Waals surface area (Å²) < 4.78 is 16.3. The van der Waals surface area contributed by atoms with Gasteiger partial charge in [-0.3, -0.25) is 13.9 Å². The molecular weight excluding hydrogens is 301 g/mol. The second-order valence-corrected chi connectivity index (χ2v) is 4.97. The minimum atomic E-state index is -0.398. The lowest BCUT2D eigenvalue weighted by Gasteiger charge is -2.11. The highest BCUT2D eigenvalue weighted by molar-refractivity contribution is 5.69. The number of imidazole rings is 1. The molecule has 0 aromatic carbocycles. The minimum absolute atomic E-state index is 0. The Morgan fingerprint density at radius 3 is 2.62 bits per heavy atom. The van der Waals surface area contributed by atoms with Gasteiger partial charge < -0.3 is 22.3 Å². The van der Waals surface area contributed by atoms with Gasteiger partial charge in [0.1, 0.15) is 19.3 Å². The van der Waals surface area contributed by atoms with Gasteiger partial charge in [0.05, 0.1) is 12.9 Å². The van der Waals surface area contributed by atoms with Gasteiger partial charge in [0.15, 0.2) is 11.2 Å². The van der Waals surface area contributed by atoms with Crippen molar-refractivity contribution >= 4 is 11.2 Å². The van der Waals surface area contributed by atoms with Crippen molar-refractivity contribution < 1.29 is 22.1 Å². The molecule has 0 amide bonds. The van der Waals surface area contributed by atoms with Crippen LogP contribution in [0, 0.1) is 0 Å². The Morgan fingerprint density at radius 1 is 1.33 bits per heavy atom. The highest BCUT2D eigenvalue weighted by Crippen LogP contribution is 2.05. The van der Waals surface area contributed by atoms with Gasteiger partial charge in [-0.05, 0) is 6.92 Å². The molecule has 118 valence electrons. The number of fused-ring (bicyclic) bond motifs is 1. The first-order valence-corrected chi connectivity index (χ1v) is 6.47.